The third-order valence-corrected chi connectivity index (χ3v) is 7.36. The molecule has 0 spiro atoms. The van der Waals surface area contributed by atoms with Crippen LogP contribution in [0.2, 0.25) is 0 Å². The number of anilines is 1. The molecule has 3 rings (SSSR count). The highest BCUT2D eigenvalue weighted by molar-refractivity contribution is 7.92. The van der Waals surface area contributed by atoms with Crippen molar-refractivity contribution in [1.82, 2.24) is 10.2 Å². The lowest BCUT2D eigenvalue weighted by Crippen LogP contribution is -2.53. The van der Waals surface area contributed by atoms with E-state index >= 15 is 0 Å². The summed E-state index contributed by atoms with van der Waals surface area (Å²) in [6.07, 6.45) is 1.97. The summed E-state index contributed by atoms with van der Waals surface area (Å²) in [5, 5.41) is 2.90. The Morgan fingerprint density at radius 1 is 0.947 bits per heavy atom. The van der Waals surface area contributed by atoms with Crippen LogP contribution in [0, 0.1) is 12.7 Å². The molecule has 0 bridgehead atoms. The van der Waals surface area contributed by atoms with E-state index in [0.29, 0.717) is 6.54 Å². The first-order valence-corrected chi connectivity index (χ1v) is 14.3. The summed E-state index contributed by atoms with van der Waals surface area (Å²) in [5.41, 5.74) is 2.81. The minimum absolute atomic E-state index is 0.115. The van der Waals surface area contributed by atoms with Crippen LogP contribution in [0.25, 0.3) is 0 Å². The molecule has 0 aromatic heterocycles. The van der Waals surface area contributed by atoms with Crippen molar-refractivity contribution in [3.63, 3.8) is 0 Å². The second-order valence-electron chi connectivity index (χ2n) is 9.19. The molecule has 0 aliphatic carbocycles. The number of carbonyl (C=O) groups excluding carboxylic acids is 2. The van der Waals surface area contributed by atoms with Gasteiger partial charge in [0.1, 0.15) is 18.4 Å². The van der Waals surface area contributed by atoms with Gasteiger partial charge in [-0.3, -0.25) is 13.9 Å². The second-order valence-corrected chi connectivity index (χ2v) is 11.1. The van der Waals surface area contributed by atoms with E-state index in [2.05, 4.69) is 5.32 Å². The fourth-order valence-electron chi connectivity index (χ4n) is 4.11. The topological polar surface area (TPSA) is 86.8 Å². The standard InChI is InChI=1S/C29H34FN3O4S/c1-4-18-31-29(35)27(19-23-11-6-5-7-12-23)32(20-24-13-9-8-10-22(24)2)28(34)21-33(38(3,36)37)26-16-14-25(30)15-17-26/h5-17,27H,4,18-21H2,1-3H3,(H,31,35). The van der Waals surface area contributed by atoms with Crippen LogP contribution in [0.3, 0.4) is 0 Å². The number of nitrogens with zero attached hydrogens (tertiary/aromatic N) is 2. The summed E-state index contributed by atoms with van der Waals surface area (Å²) in [5.74, 6) is -1.38. The minimum atomic E-state index is -3.90. The molecule has 3 aromatic rings. The van der Waals surface area contributed by atoms with Gasteiger partial charge in [0.05, 0.1) is 11.9 Å². The average molecular weight is 540 g/mol. The lowest BCUT2D eigenvalue weighted by Gasteiger charge is -2.33. The number of aryl methyl sites for hydroxylation is 1. The predicted octanol–water partition coefficient (Wildman–Crippen LogP) is 4.07. The number of benzene rings is 3. The summed E-state index contributed by atoms with van der Waals surface area (Å²) in [6.45, 7) is 3.88. The number of sulfonamides is 1. The number of amides is 2. The highest BCUT2D eigenvalue weighted by atomic mass is 32.2. The molecule has 1 unspecified atom stereocenters. The van der Waals surface area contributed by atoms with E-state index in [0.717, 1.165) is 45.8 Å². The number of rotatable bonds is 12. The Bertz CT molecular complexity index is 1330. The van der Waals surface area contributed by atoms with Crippen molar-refractivity contribution in [2.75, 3.05) is 23.7 Å². The van der Waals surface area contributed by atoms with Crippen molar-refractivity contribution >= 4 is 27.5 Å². The van der Waals surface area contributed by atoms with Gasteiger partial charge in [-0.25, -0.2) is 12.8 Å². The maximum atomic E-state index is 13.9. The van der Waals surface area contributed by atoms with E-state index < -0.39 is 34.3 Å². The highest BCUT2D eigenvalue weighted by Gasteiger charge is 2.33. The van der Waals surface area contributed by atoms with Gasteiger partial charge >= 0.3 is 0 Å². The Balaban J connectivity index is 2.04. The quantitative estimate of drug-likeness (QED) is 0.376. The van der Waals surface area contributed by atoms with Crippen molar-refractivity contribution in [2.24, 2.45) is 0 Å². The first-order valence-electron chi connectivity index (χ1n) is 12.5. The fraction of sp³-hybridized carbons (Fsp3) is 0.310. The Morgan fingerprint density at radius 2 is 1.58 bits per heavy atom. The van der Waals surface area contributed by atoms with Gasteiger partial charge in [-0.15, -0.1) is 0 Å². The zero-order valence-corrected chi connectivity index (χ0v) is 22.7. The Hall–Kier alpha value is -3.72. The molecular weight excluding hydrogens is 505 g/mol. The summed E-state index contributed by atoms with van der Waals surface area (Å²) in [7, 11) is -3.90. The molecule has 202 valence electrons. The predicted molar refractivity (Wildman–Crippen MR) is 148 cm³/mol. The monoisotopic (exact) mass is 539 g/mol. The van der Waals surface area contributed by atoms with E-state index in [4.69, 9.17) is 0 Å². The molecule has 0 saturated carbocycles. The third-order valence-electron chi connectivity index (χ3n) is 6.22. The minimum Gasteiger partial charge on any atom is -0.354 e. The van der Waals surface area contributed by atoms with Crippen LogP contribution in [0.5, 0.6) is 0 Å². The van der Waals surface area contributed by atoms with Crippen molar-refractivity contribution in [3.8, 4) is 0 Å². The molecule has 0 saturated heterocycles. The smallest absolute Gasteiger partial charge is 0.244 e. The Kier molecular flexibility index (Phi) is 10.0. The van der Waals surface area contributed by atoms with Gasteiger partial charge in [0.25, 0.3) is 0 Å². The molecule has 1 atom stereocenters. The number of carbonyl (C=O) groups is 2. The average Bonchev–Trinajstić information content (AvgIpc) is 2.89. The molecule has 0 heterocycles. The Labute approximate surface area is 224 Å². The van der Waals surface area contributed by atoms with Crippen LogP contribution in [0.4, 0.5) is 10.1 Å². The van der Waals surface area contributed by atoms with Gasteiger partial charge < -0.3 is 10.2 Å². The van der Waals surface area contributed by atoms with Crippen molar-refractivity contribution in [2.45, 2.75) is 39.3 Å². The molecule has 3 aromatic carbocycles. The van der Waals surface area contributed by atoms with E-state index in [1.807, 2.05) is 68.4 Å². The molecule has 0 fully saturated rings. The number of nitrogens with one attached hydrogen (secondary N) is 1. The zero-order valence-electron chi connectivity index (χ0n) is 21.9. The molecule has 0 aliphatic heterocycles. The maximum Gasteiger partial charge on any atom is 0.244 e. The van der Waals surface area contributed by atoms with Crippen LogP contribution < -0.4 is 9.62 Å². The number of halogens is 1. The van der Waals surface area contributed by atoms with Gasteiger partial charge in [-0.2, -0.15) is 0 Å². The van der Waals surface area contributed by atoms with Crippen LogP contribution in [-0.4, -0.2) is 50.5 Å². The van der Waals surface area contributed by atoms with Crippen LogP contribution >= 0.6 is 0 Å². The molecular formula is C29H34FN3O4S. The van der Waals surface area contributed by atoms with E-state index in [9.17, 15) is 22.4 Å². The second kappa shape index (κ2) is 13.2. The third kappa shape index (κ3) is 7.89. The molecule has 38 heavy (non-hydrogen) atoms. The highest BCUT2D eigenvalue weighted by Crippen LogP contribution is 2.21. The van der Waals surface area contributed by atoms with Crippen molar-refractivity contribution in [3.05, 3.63) is 101 Å². The van der Waals surface area contributed by atoms with E-state index in [1.165, 1.54) is 17.0 Å². The van der Waals surface area contributed by atoms with Gasteiger partial charge in [0, 0.05) is 19.5 Å². The molecule has 1 N–H and O–H groups in total. The summed E-state index contributed by atoms with van der Waals surface area (Å²) in [4.78, 5) is 28.8. The fourth-order valence-corrected chi connectivity index (χ4v) is 4.96. The van der Waals surface area contributed by atoms with Gasteiger partial charge in [0.2, 0.25) is 21.8 Å². The molecule has 7 nitrogen and oxygen atoms in total. The summed E-state index contributed by atoms with van der Waals surface area (Å²) < 4.78 is 39.9. The summed E-state index contributed by atoms with van der Waals surface area (Å²) >= 11 is 0. The Morgan fingerprint density at radius 3 is 2.18 bits per heavy atom. The van der Waals surface area contributed by atoms with E-state index in [1.54, 1.807) is 0 Å². The van der Waals surface area contributed by atoms with Crippen LogP contribution in [0.1, 0.15) is 30.0 Å². The van der Waals surface area contributed by atoms with Crippen molar-refractivity contribution in [1.29, 1.82) is 0 Å². The number of hydrogen-bond donors (Lipinski definition) is 1. The normalized spacial score (nSPS) is 12.0. The van der Waals surface area contributed by atoms with Crippen molar-refractivity contribution < 1.29 is 22.4 Å². The lowest BCUT2D eigenvalue weighted by molar-refractivity contribution is -0.140. The van der Waals surface area contributed by atoms with Gasteiger partial charge in [-0.05, 0) is 54.3 Å². The number of hydrogen-bond acceptors (Lipinski definition) is 4. The van der Waals surface area contributed by atoms with Gasteiger partial charge in [0.15, 0.2) is 0 Å². The first kappa shape index (κ1) is 28.8. The lowest BCUT2D eigenvalue weighted by atomic mass is 10.0. The first-order chi connectivity index (χ1) is 18.1. The van der Waals surface area contributed by atoms with Crippen LogP contribution in [-0.2, 0) is 32.6 Å². The van der Waals surface area contributed by atoms with Gasteiger partial charge in [-0.1, -0.05) is 61.5 Å². The SMILES string of the molecule is CCCNC(=O)C(Cc1ccccc1)N(Cc1ccccc1C)C(=O)CN(c1ccc(F)cc1)S(C)(=O)=O. The van der Waals surface area contributed by atoms with E-state index in [-0.39, 0.29) is 24.6 Å². The zero-order chi connectivity index (χ0) is 27.7. The maximum absolute atomic E-state index is 13.9. The largest absolute Gasteiger partial charge is 0.354 e. The van der Waals surface area contributed by atoms with Crippen LogP contribution in [0.15, 0.2) is 78.9 Å². The molecule has 2 amide bonds. The summed E-state index contributed by atoms with van der Waals surface area (Å²) in [6, 6.07) is 20.9. The molecule has 0 radical (unpaired) electrons. The molecule has 9 heteroatoms. The molecule has 0 aliphatic rings.